The van der Waals surface area contributed by atoms with Crippen LogP contribution in [0.3, 0.4) is 0 Å². The molecule has 6 nitrogen and oxygen atoms in total. The van der Waals surface area contributed by atoms with Crippen molar-refractivity contribution in [3.63, 3.8) is 0 Å². The van der Waals surface area contributed by atoms with Crippen LogP contribution in [-0.2, 0) is 33.6 Å². The summed E-state index contributed by atoms with van der Waals surface area (Å²) >= 11 is 0. The van der Waals surface area contributed by atoms with E-state index >= 15 is 0 Å². The quantitative estimate of drug-likeness (QED) is 0.196. The summed E-state index contributed by atoms with van der Waals surface area (Å²) < 4.78 is 16.4. The molecule has 0 saturated carbocycles. The third kappa shape index (κ3) is 9.92. The molecule has 202 valence electrons. The second-order valence-electron chi connectivity index (χ2n) is 9.53. The van der Waals surface area contributed by atoms with Crippen LogP contribution in [0.1, 0.15) is 36.5 Å². The highest BCUT2D eigenvalue weighted by atomic mass is 16.5. The van der Waals surface area contributed by atoms with Crippen molar-refractivity contribution < 1.29 is 23.8 Å². The van der Waals surface area contributed by atoms with Gasteiger partial charge in [-0.2, -0.15) is 0 Å². The van der Waals surface area contributed by atoms with E-state index in [2.05, 4.69) is 12.1 Å². The molecule has 38 heavy (non-hydrogen) atoms. The first-order chi connectivity index (χ1) is 18.4. The van der Waals surface area contributed by atoms with Gasteiger partial charge in [0.2, 0.25) is 5.91 Å². The van der Waals surface area contributed by atoms with Gasteiger partial charge in [0.1, 0.15) is 11.5 Å². The minimum absolute atomic E-state index is 0.105. The second-order valence-corrected chi connectivity index (χ2v) is 9.53. The highest BCUT2D eigenvalue weighted by Gasteiger charge is 2.13. The molecule has 6 heteroatoms. The van der Waals surface area contributed by atoms with Crippen LogP contribution >= 0.6 is 0 Å². The predicted molar refractivity (Wildman–Crippen MR) is 149 cm³/mol. The minimum Gasteiger partial charge on any atom is -0.493 e. The number of likely N-dealkylation sites (N-methyl/N-ethyl adjacent to an activating group) is 1. The first-order valence-electron chi connectivity index (χ1n) is 13.2. The molecular formula is C32H39NO5. The summed E-state index contributed by atoms with van der Waals surface area (Å²) in [7, 11) is 3.28. The number of methoxy groups -OCH3 is 1. The molecule has 3 rings (SSSR count). The van der Waals surface area contributed by atoms with E-state index in [1.807, 2.05) is 80.7 Å². The van der Waals surface area contributed by atoms with Crippen LogP contribution in [0.4, 0.5) is 0 Å². The van der Waals surface area contributed by atoms with E-state index in [1.165, 1.54) is 18.2 Å². The second kappa shape index (κ2) is 15.5. The molecular weight excluding hydrogens is 478 g/mol. The lowest BCUT2D eigenvalue weighted by molar-refractivity contribution is -0.145. The van der Waals surface area contributed by atoms with Crippen LogP contribution in [0.2, 0.25) is 0 Å². The third-order valence-corrected chi connectivity index (χ3v) is 6.50. The Balaban J connectivity index is 1.30. The van der Waals surface area contributed by atoms with Gasteiger partial charge in [-0.1, -0.05) is 61.5 Å². The van der Waals surface area contributed by atoms with Crippen molar-refractivity contribution in [2.75, 3.05) is 33.9 Å². The maximum atomic E-state index is 12.6. The van der Waals surface area contributed by atoms with Crippen molar-refractivity contribution in [3.8, 4) is 11.5 Å². The van der Waals surface area contributed by atoms with Gasteiger partial charge in [0.05, 0.1) is 32.7 Å². The molecule has 1 amide bonds. The molecule has 0 saturated heterocycles. The van der Waals surface area contributed by atoms with Crippen LogP contribution in [0.25, 0.3) is 0 Å². The molecule has 0 aliphatic carbocycles. The normalized spacial score (nSPS) is 11.4. The van der Waals surface area contributed by atoms with Gasteiger partial charge >= 0.3 is 5.97 Å². The Morgan fingerprint density at radius 2 is 1.32 bits per heavy atom. The summed E-state index contributed by atoms with van der Waals surface area (Å²) in [5.74, 6) is 1.43. The number of carbonyl (C=O) groups excluding carboxylic acids is 2. The number of benzene rings is 3. The van der Waals surface area contributed by atoms with Crippen molar-refractivity contribution in [1.29, 1.82) is 0 Å². The lowest BCUT2D eigenvalue weighted by atomic mass is 10.0. The van der Waals surface area contributed by atoms with Crippen LogP contribution < -0.4 is 9.47 Å². The zero-order valence-corrected chi connectivity index (χ0v) is 22.7. The SMILES string of the molecule is COC(=O)C(C)CCc1ccc(OCCCOc2ccc(CC(=O)N(C)CCc3ccccc3)cc2)cc1. The number of rotatable bonds is 15. The number of esters is 1. The number of hydrogen-bond donors (Lipinski definition) is 0. The maximum absolute atomic E-state index is 12.6. The summed E-state index contributed by atoms with van der Waals surface area (Å²) in [6, 6.07) is 25.9. The number of carbonyl (C=O) groups is 2. The Labute approximate surface area is 226 Å². The maximum Gasteiger partial charge on any atom is 0.308 e. The molecule has 3 aromatic rings. The highest BCUT2D eigenvalue weighted by Crippen LogP contribution is 2.17. The Kier molecular flexibility index (Phi) is 11.7. The molecule has 1 atom stereocenters. The Morgan fingerprint density at radius 3 is 1.89 bits per heavy atom. The van der Waals surface area contributed by atoms with Gasteiger partial charge in [0, 0.05) is 20.0 Å². The highest BCUT2D eigenvalue weighted by molar-refractivity contribution is 5.78. The van der Waals surface area contributed by atoms with Crippen molar-refractivity contribution in [3.05, 3.63) is 95.6 Å². The van der Waals surface area contributed by atoms with Gasteiger partial charge in [0.15, 0.2) is 0 Å². The monoisotopic (exact) mass is 517 g/mol. The summed E-state index contributed by atoms with van der Waals surface area (Å²) in [6.07, 6.45) is 3.56. The Morgan fingerprint density at radius 1 is 0.763 bits per heavy atom. The van der Waals surface area contributed by atoms with Gasteiger partial charge in [-0.05, 0) is 60.2 Å². The average molecular weight is 518 g/mol. The van der Waals surface area contributed by atoms with E-state index in [0.717, 1.165) is 42.7 Å². The average Bonchev–Trinajstić information content (AvgIpc) is 2.96. The molecule has 0 N–H and O–H groups in total. The van der Waals surface area contributed by atoms with Crippen LogP contribution in [-0.4, -0.2) is 50.7 Å². The molecule has 1 unspecified atom stereocenters. The predicted octanol–water partition coefficient (Wildman–Crippen LogP) is 5.52. The fourth-order valence-electron chi connectivity index (χ4n) is 3.97. The lowest BCUT2D eigenvalue weighted by Crippen LogP contribution is -2.30. The topological polar surface area (TPSA) is 65.1 Å². The molecule has 0 aliphatic heterocycles. The van der Waals surface area contributed by atoms with Crippen LogP contribution in [0, 0.1) is 5.92 Å². The Hall–Kier alpha value is -3.80. The summed E-state index contributed by atoms with van der Waals surface area (Å²) in [6.45, 7) is 3.69. The van der Waals surface area contributed by atoms with Gasteiger partial charge < -0.3 is 19.1 Å². The van der Waals surface area contributed by atoms with Gasteiger partial charge in [0.25, 0.3) is 0 Å². The number of amides is 1. The smallest absolute Gasteiger partial charge is 0.308 e. The van der Waals surface area contributed by atoms with Gasteiger partial charge in [-0.3, -0.25) is 9.59 Å². The fourth-order valence-corrected chi connectivity index (χ4v) is 3.97. The number of nitrogens with zero attached hydrogens (tertiary/aromatic N) is 1. The third-order valence-electron chi connectivity index (χ3n) is 6.50. The Bertz CT molecular complexity index is 1110. The van der Waals surface area contributed by atoms with E-state index in [-0.39, 0.29) is 17.8 Å². The van der Waals surface area contributed by atoms with Crippen molar-refractivity contribution >= 4 is 11.9 Å². The first-order valence-corrected chi connectivity index (χ1v) is 13.2. The standard InChI is InChI=1S/C32H39NO5/c1-25(32(35)36-3)10-11-27-12-16-29(17-13-27)37-22-7-23-38-30-18-14-28(15-19-30)24-31(34)33(2)21-20-26-8-5-4-6-9-26/h4-6,8-9,12-19,25H,7,10-11,20-24H2,1-3H3. The van der Waals surface area contributed by atoms with E-state index in [1.54, 1.807) is 4.90 Å². The van der Waals surface area contributed by atoms with E-state index in [4.69, 9.17) is 14.2 Å². The lowest BCUT2D eigenvalue weighted by Gasteiger charge is -2.17. The summed E-state index contributed by atoms with van der Waals surface area (Å²) in [5, 5.41) is 0. The van der Waals surface area contributed by atoms with Gasteiger partial charge in [-0.15, -0.1) is 0 Å². The number of ether oxygens (including phenoxy) is 3. The molecule has 0 fully saturated rings. The van der Waals surface area contributed by atoms with E-state index in [0.29, 0.717) is 26.2 Å². The summed E-state index contributed by atoms with van der Waals surface area (Å²) in [4.78, 5) is 25.9. The molecule has 0 aromatic heterocycles. The number of aryl methyl sites for hydroxylation is 1. The van der Waals surface area contributed by atoms with Crippen molar-refractivity contribution in [1.82, 2.24) is 4.90 Å². The molecule has 0 bridgehead atoms. The van der Waals surface area contributed by atoms with Gasteiger partial charge in [-0.25, -0.2) is 0 Å². The zero-order valence-electron chi connectivity index (χ0n) is 22.7. The first kappa shape index (κ1) is 28.8. The zero-order chi connectivity index (χ0) is 27.2. The van der Waals surface area contributed by atoms with Crippen molar-refractivity contribution in [2.45, 2.75) is 39.0 Å². The molecule has 3 aromatic carbocycles. The summed E-state index contributed by atoms with van der Waals surface area (Å²) in [5.41, 5.74) is 3.37. The minimum atomic E-state index is -0.170. The molecule has 0 radical (unpaired) electrons. The van der Waals surface area contributed by atoms with Crippen LogP contribution in [0.15, 0.2) is 78.9 Å². The molecule has 0 aliphatic rings. The largest absolute Gasteiger partial charge is 0.493 e. The fraction of sp³-hybridized carbons (Fsp3) is 0.375. The van der Waals surface area contributed by atoms with Crippen molar-refractivity contribution in [2.24, 2.45) is 5.92 Å². The van der Waals surface area contributed by atoms with E-state index in [9.17, 15) is 9.59 Å². The molecule has 0 spiro atoms. The molecule has 0 heterocycles. The van der Waals surface area contributed by atoms with Crippen LogP contribution in [0.5, 0.6) is 11.5 Å². The number of hydrogen-bond acceptors (Lipinski definition) is 5. The van der Waals surface area contributed by atoms with E-state index < -0.39 is 0 Å².